The molecule has 0 fully saturated rings. The van der Waals surface area contributed by atoms with Crippen molar-refractivity contribution in [3.63, 3.8) is 0 Å². The van der Waals surface area contributed by atoms with Crippen LogP contribution in [0.5, 0.6) is 5.75 Å². The Morgan fingerprint density at radius 3 is 2.81 bits per heavy atom. The lowest BCUT2D eigenvalue weighted by molar-refractivity contribution is 0.227. The first-order valence-electron chi connectivity index (χ1n) is 9.41. The summed E-state index contributed by atoms with van der Waals surface area (Å²) >= 11 is 12.4. The Balaban J connectivity index is 1.62. The summed E-state index contributed by atoms with van der Waals surface area (Å²) in [7, 11) is 0. The standard InChI is InChI=1S/C21H18Cl2FN5O2/c1-12(20-16(22)9-25-10-17(20)23)31-14-2-3-19-15(7-14)21(28-27-19)18(24)6-13-8-26-29(11-13)4-5-30/h2-3,6-12,30H,4-5H2,1H3,(H,27,28)/b18-6+. The Labute approximate surface area is 187 Å². The summed E-state index contributed by atoms with van der Waals surface area (Å²) in [4.78, 5) is 3.95. The van der Waals surface area contributed by atoms with Gasteiger partial charge in [-0.25, -0.2) is 4.39 Å². The quantitative estimate of drug-likeness (QED) is 0.401. The molecule has 0 aliphatic carbocycles. The molecule has 0 amide bonds. The van der Waals surface area contributed by atoms with E-state index in [4.69, 9.17) is 33.0 Å². The van der Waals surface area contributed by atoms with Gasteiger partial charge in [0.2, 0.25) is 0 Å². The Morgan fingerprint density at radius 2 is 2.06 bits per heavy atom. The van der Waals surface area contributed by atoms with E-state index >= 15 is 0 Å². The second-order valence-electron chi connectivity index (χ2n) is 6.81. The number of hydrogen-bond donors (Lipinski definition) is 2. The van der Waals surface area contributed by atoms with E-state index in [2.05, 4.69) is 20.3 Å². The van der Waals surface area contributed by atoms with Crippen LogP contribution in [0.4, 0.5) is 4.39 Å². The largest absolute Gasteiger partial charge is 0.486 e. The van der Waals surface area contributed by atoms with Gasteiger partial charge in [0, 0.05) is 35.1 Å². The van der Waals surface area contributed by atoms with Gasteiger partial charge in [-0.1, -0.05) is 23.2 Å². The van der Waals surface area contributed by atoms with Crippen molar-refractivity contribution in [1.82, 2.24) is 25.0 Å². The van der Waals surface area contributed by atoms with E-state index in [1.165, 1.54) is 29.3 Å². The van der Waals surface area contributed by atoms with Crippen LogP contribution < -0.4 is 4.74 Å². The molecule has 0 aliphatic heterocycles. The molecular weight excluding hydrogens is 444 g/mol. The number of halogens is 3. The number of aromatic nitrogens is 5. The maximum atomic E-state index is 15.0. The molecule has 1 unspecified atom stereocenters. The molecule has 31 heavy (non-hydrogen) atoms. The van der Waals surface area contributed by atoms with E-state index in [0.717, 1.165) is 0 Å². The van der Waals surface area contributed by atoms with Crippen LogP contribution in [0.1, 0.15) is 29.8 Å². The van der Waals surface area contributed by atoms with Crippen LogP contribution in [0.25, 0.3) is 22.8 Å². The Hall–Kier alpha value is -2.94. The van der Waals surface area contributed by atoms with Crippen molar-refractivity contribution in [1.29, 1.82) is 0 Å². The van der Waals surface area contributed by atoms with E-state index in [1.807, 2.05) is 6.92 Å². The fraction of sp³-hybridized carbons (Fsp3) is 0.190. The Bertz CT molecular complexity index is 1230. The number of H-pyrrole nitrogens is 1. The zero-order valence-corrected chi connectivity index (χ0v) is 17.9. The Morgan fingerprint density at radius 1 is 1.29 bits per heavy atom. The highest BCUT2D eigenvalue weighted by atomic mass is 35.5. The van der Waals surface area contributed by atoms with Crippen LogP contribution in [0.2, 0.25) is 10.0 Å². The SMILES string of the molecule is CC(Oc1ccc2[nH]nc(/C(F)=C\c3cnn(CCO)c3)c2c1)c1c(Cl)cncc1Cl. The first kappa shape index (κ1) is 21.3. The number of hydrogen-bond acceptors (Lipinski definition) is 5. The fourth-order valence-corrected chi connectivity index (χ4v) is 3.89. The molecule has 4 aromatic rings. The van der Waals surface area contributed by atoms with Gasteiger partial charge in [-0.2, -0.15) is 10.2 Å². The molecule has 0 saturated heterocycles. The zero-order valence-electron chi connectivity index (χ0n) is 16.4. The monoisotopic (exact) mass is 461 g/mol. The van der Waals surface area contributed by atoms with Crippen LogP contribution in [-0.4, -0.2) is 36.7 Å². The van der Waals surface area contributed by atoms with Crippen LogP contribution >= 0.6 is 23.2 Å². The molecule has 0 radical (unpaired) electrons. The van der Waals surface area contributed by atoms with Crippen molar-refractivity contribution in [2.45, 2.75) is 19.6 Å². The molecule has 4 rings (SSSR count). The molecule has 3 aromatic heterocycles. The third kappa shape index (κ3) is 4.56. The molecule has 0 saturated carbocycles. The van der Waals surface area contributed by atoms with Crippen LogP contribution in [0.15, 0.2) is 43.0 Å². The summed E-state index contributed by atoms with van der Waals surface area (Å²) in [6.07, 6.45) is 7.05. The van der Waals surface area contributed by atoms with Crippen molar-refractivity contribution < 1.29 is 14.2 Å². The fourth-order valence-electron chi connectivity index (χ4n) is 3.21. The molecule has 0 aliphatic rings. The lowest BCUT2D eigenvalue weighted by Gasteiger charge is -2.17. The van der Waals surface area contributed by atoms with Crippen molar-refractivity contribution in [2.24, 2.45) is 0 Å². The second kappa shape index (κ2) is 9.05. The maximum absolute atomic E-state index is 15.0. The average Bonchev–Trinajstić information content (AvgIpc) is 3.34. The average molecular weight is 462 g/mol. The number of aliphatic hydroxyl groups excluding tert-OH is 1. The van der Waals surface area contributed by atoms with Gasteiger partial charge in [-0.05, 0) is 31.2 Å². The highest BCUT2D eigenvalue weighted by Gasteiger charge is 2.17. The number of rotatable bonds is 7. The van der Waals surface area contributed by atoms with Gasteiger partial charge in [0.1, 0.15) is 17.5 Å². The third-order valence-electron chi connectivity index (χ3n) is 4.65. The number of benzene rings is 1. The predicted octanol–water partition coefficient (Wildman–Crippen LogP) is 5.06. The summed E-state index contributed by atoms with van der Waals surface area (Å²) in [5.41, 5.74) is 2.00. The smallest absolute Gasteiger partial charge is 0.152 e. The van der Waals surface area contributed by atoms with Gasteiger partial charge in [0.25, 0.3) is 0 Å². The number of fused-ring (bicyclic) bond motifs is 1. The van der Waals surface area contributed by atoms with Gasteiger partial charge < -0.3 is 9.84 Å². The molecule has 160 valence electrons. The van der Waals surface area contributed by atoms with Crippen molar-refractivity contribution >= 4 is 46.0 Å². The van der Waals surface area contributed by atoms with Gasteiger partial charge in [0.05, 0.1) is 34.9 Å². The highest BCUT2D eigenvalue weighted by Crippen LogP contribution is 2.34. The van der Waals surface area contributed by atoms with Crippen molar-refractivity contribution in [2.75, 3.05) is 6.61 Å². The minimum atomic E-state index is -0.528. The van der Waals surface area contributed by atoms with E-state index in [1.54, 1.807) is 24.4 Å². The summed E-state index contributed by atoms with van der Waals surface area (Å²) in [6, 6.07) is 5.22. The normalized spacial score (nSPS) is 13.0. The van der Waals surface area contributed by atoms with Gasteiger partial charge in [-0.15, -0.1) is 0 Å². The highest BCUT2D eigenvalue weighted by molar-refractivity contribution is 6.35. The van der Waals surface area contributed by atoms with E-state index in [0.29, 0.717) is 44.4 Å². The van der Waals surface area contributed by atoms with Crippen LogP contribution in [0.3, 0.4) is 0 Å². The number of nitrogens with zero attached hydrogens (tertiary/aromatic N) is 4. The third-order valence-corrected chi connectivity index (χ3v) is 5.25. The maximum Gasteiger partial charge on any atom is 0.152 e. The number of pyridine rings is 1. The summed E-state index contributed by atoms with van der Waals surface area (Å²) in [6.45, 7) is 2.11. The van der Waals surface area contributed by atoms with Crippen LogP contribution in [0, 0.1) is 0 Å². The lowest BCUT2D eigenvalue weighted by Crippen LogP contribution is -2.05. The van der Waals surface area contributed by atoms with E-state index in [9.17, 15) is 4.39 Å². The Kier molecular flexibility index (Phi) is 6.22. The molecule has 0 bridgehead atoms. The van der Waals surface area contributed by atoms with E-state index < -0.39 is 11.9 Å². The summed E-state index contributed by atoms with van der Waals surface area (Å²) < 4.78 is 22.5. The molecule has 3 heterocycles. The van der Waals surface area contributed by atoms with Gasteiger partial charge in [0.15, 0.2) is 5.83 Å². The summed E-state index contributed by atoms with van der Waals surface area (Å²) in [5.74, 6) is -0.0182. The predicted molar refractivity (Wildman–Crippen MR) is 118 cm³/mol. The van der Waals surface area contributed by atoms with Crippen molar-refractivity contribution in [3.05, 3.63) is 69.9 Å². The van der Waals surface area contributed by atoms with Crippen molar-refractivity contribution in [3.8, 4) is 5.75 Å². The molecule has 1 aromatic carbocycles. The van der Waals surface area contributed by atoms with Gasteiger partial charge in [-0.3, -0.25) is 14.8 Å². The van der Waals surface area contributed by atoms with Gasteiger partial charge >= 0.3 is 0 Å². The minimum Gasteiger partial charge on any atom is -0.486 e. The molecule has 1 atom stereocenters. The minimum absolute atomic E-state index is 0.0472. The first-order valence-corrected chi connectivity index (χ1v) is 10.2. The molecule has 10 heteroatoms. The number of aliphatic hydroxyl groups is 1. The van der Waals surface area contributed by atoms with E-state index in [-0.39, 0.29) is 12.3 Å². The number of ether oxygens (including phenoxy) is 1. The first-order chi connectivity index (χ1) is 15.0. The number of nitrogens with one attached hydrogen (secondary N) is 1. The second-order valence-corrected chi connectivity index (χ2v) is 7.62. The topological polar surface area (TPSA) is 88.8 Å². The lowest BCUT2D eigenvalue weighted by atomic mass is 10.1. The molecule has 0 spiro atoms. The molecular formula is C21H18Cl2FN5O2. The zero-order chi connectivity index (χ0) is 22.0. The van der Waals surface area contributed by atoms with Crippen LogP contribution in [-0.2, 0) is 6.54 Å². The number of aromatic amines is 1. The summed E-state index contributed by atoms with van der Waals surface area (Å²) in [5, 5.41) is 21.3. The molecule has 2 N–H and O–H groups in total. The molecule has 7 nitrogen and oxygen atoms in total.